The second kappa shape index (κ2) is 9.52. The van der Waals surface area contributed by atoms with E-state index in [1.807, 2.05) is 0 Å². The maximum absolute atomic E-state index is 13.1. The molecule has 1 atom stereocenters. The SMILES string of the molecule is C[C@H](NC(=O)N(NS(=O)(=O)c1ccccc1)c1ccc(N)cn1)c1cccc(Cl)c1Cl. The van der Waals surface area contributed by atoms with Gasteiger partial charge in [-0.3, -0.25) is 0 Å². The summed E-state index contributed by atoms with van der Waals surface area (Å²) in [6, 6.07) is 14.2. The van der Waals surface area contributed by atoms with Crippen molar-refractivity contribution in [2.24, 2.45) is 0 Å². The number of benzene rings is 2. The van der Waals surface area contributed by atoms with Crippen molar-refractivity contribution >= 4 is 50.8 Å². The third-order valence-electron chi connectivity index (χ3n) is 4.26. The molecule has 0 unspecified atom stereocenters. The number of hydrogen-bond donors (Lipinski definition) is 3. The minimum atomic E-state index is -4.08. The van der Waals surface area contributed by atoms with Crippen LogP contribution >= 0.6 is 23.2 Å². The molecule has 0 aliphatic heterocycles. The zero-order valence-electron chi connectivity index (χ0n) is 16.3. The Balaban J connectivity index is 1.91. The van der Waals surface area contributed by atoms with E-state index in [4.69, 9.17) is 28.9 Å². The van der Waals surface area contributed by atoms with E-state index in [2.05, 4.69) is 15.1 Å². The number of carbonyl (C=O) groups is 1. The number of hydrazine groups is 1. The monoisotopic (exact) mass is 479 g/mol. The summed E-state index contributed by atoms with van der Waals surface area (Å²) < 4.78 is 25.6. The van der Waals surface area contributed by atoms with Gasteiger partial charge in [0.25, 0.3) is 10.0 Å². The number of aromatic nitrogens is 1. The molecular weight excluding hydrogens is 461 g/mol. The van der Waals surface area contributed by atoms with E-state index in [1.54, 1.807) is 43.3 Å². The molecule has 0 fully saturated rings. The summed E-state index contributed by atoms with van der Waals surface area (Å²) in [7, 11) is -4.08. The second-order valence-corrected chi connectivity index (χ2v) is 8.95. The van der Waals surface area contributed by atoms with E-state index in [9.17, 15) is 13.2 Å². The van der Waals surface area contributed by atoms with Crippen LogP contribution in [-0.2, 0) is 10.0 Å². The number of rotatable bonds is 6. The summed E-state index contributed by atoms with van der Waals surface area (Å²) in [6.45, 7) is 1.69. The van der Waals surface area contributed by atoms with Crippen molar-refractivity contribution in [1.29, 1.82) is 0 Å². The van der Waals surface area contributed by atoms with E-state index in [0.29, 0.717) is 21.3 Å². The third-order valence-corrected chi connectivity index (χ3v) is 6.41. The molecule has 3 aromatic rings. The number of nitrogens with one attached hydrogen (secondary N) is 2. The van der Waals surface area contributed by atoms with Gasteiger partial charge in [-0.15, -0.1) is 4.83 Å². The van der Waals surface area contributed by atoms with Gasteiger partial charge in [0.1, 0.15) is 0 Å². The van der Waals surface area contributed by atoms with E-state index in [0.717, 1.165) is 5.01 Å². The lowest BCUT2D eigenvalue weighted by Gasteiger charge is -2.25. The normalized spacial score (nSPS) is 12.2. The van der Waals surface area contributed by atoms with Crippen LogP contribution in [0.15, 0.2) is 71.8 Å². The smallest absolute Gasteiger partial charge is 0.339 e. The Morgan fingerprint density at radius 2 is 1.77 bits per heavy atom. The van der Waals surface area contributed by atoms with Gasteiger partial charge in [0.05, 0.1) is 32.9 Å². The number of sulfonamides is 1. The van der Waals surface area contributed by atoms with Gasteiger partial charge in [-0.2, -0.15) is 5.01 Å². The molecule has 0 saturated carbocycles. The van der Waals surface area contributed by atoms with Gasteiger partial charge < -0.3 is 11.1 Å². The number of amides is 2. The number of urea groups is 1. The summed E-state index contributed by atoms with van der Waals surface area (Å²) in [4.78, 5) is 19.4. The minimum absolute atomic E-state index is 0.0193. The molecule has 0 aliphatic carbocycles. The zero-order valence-corrected chi connectivity index (χ0v) is 18.6. The molecule has 3 rings (SSSR count). The average Bonchev–Trinajstić information content (AvgIpc) is 2.75. The molecule has 8 nitrogen and oxygen atoms in total. The Labute approximate surface area is 190 Å². The number of pyridine rings is 1. The van der Waals surface area contributed by atoms with Crippen molar-refractivity contribution in [3.8, 4) is 0 Å². The van der Waals surface area contributed by atoms with Gasteiger partial charge in [0, 0.05) is 0 Å². The fraction of sp³-hybridized carbons (Fsp3) is 0.100. The van der Waals surface area contributed by atoms with Crippen molar-refractivity contribution in [2.45, 2.75) is 17.9 Å². The molecule has 2 aromatic carbocycles. The van der Waals surface area contributed by atoms with Gasteiger partial charge in [-0.25, -0.2) is 18.2 Å². The largest absolute Gasteiger partial charge is 0.397 e. The lowest BCUT2D eigenvalue weighted by molar-refractivity contribution is 0.242. The number of nitrogen functional groups attached to an aromatic ring is 1. The van der Waals surface area contributed by atoms with Crippen LogP contribution in [0.2, 0.25) is 10.0 Å². The molecule has 0 spiro atoms. The Morgan fingerprint density at radius 1 is 1.06 bits per heavy atom. The second-order valence-electron chi connectivity index (χ2n) is 6.51. The van der Waals surface area contributed by atoms with E-state index < -0.39 is 22.1 Å². The van der Waals surface area contributed by atoms with E-state index in [1.165, 1.54) is 30.5 Å². The standard InChI is InChI=1S/C20H19Cl2N5O3S/c1-13(16-8-5-9-17(21)19(16)22)25-20(28)27(18-11-10-14(23)12-24-18)26-31(29,30)15-6-3-2-4-7-15/h2-13,26H,23H2,1H3,(H,25,28)/t13-/m0/s1. The van der Waals surface area contributed by atoms with Crippen LogP contribution in [-0.4, -0.2) is 19.4 Å². The van der Waals surface area contributed by atoms with Crippen molar-refractivity contribution in [3.05, 3.63) is 82.5 Å². The fourth-order valence-corrected chi connectivity index (χ4v) is 4.19. The molecular formula is C20H19Cl2N5O3S. The van der Waals surface area contributed by atoms with Crippen LogP contribution in [0.5, 0.6) is 0 Å². The number of anilines is 2. The van der Waals surface area contributed by atoms with Gasteiger partial charge in [0.15, 0.2) is 5.82 Å². The van der Waals surface area contributed by atoms with E-state index >= 15 is 0 Å². The average molecular weight is 480 g/mol. The van der Waals surface area contributed by atoms with Crippen LogP contribution in [0.1, 0.15) is 18.5 Å². The van der Waals surface area contributed by atoms with Crippen LogP contribution in [0.25, 0.3) is 0 Å². The lowest BCUT2D eigenvalue weighted by atomic mass is 10.1. The molecule has 0 bridgehead atoms. The van der Waals surface area contributed by atoms with Crippen LogP contribution in [0.3, 0.4) is 0 Å². The van der Waals surface area contributed by atoms with Crippen molar-refractivity contribution in [3.63, 3.8) is 0 Å². The zero-order chi connectivity index (χ0) is 22.6. The van der Waals surface area contributed by atoms with Crippen molar-refractivity contribution in [1.82, 2.24) is 15.1 Å². The number of hydrogen-bond acceptors (Lipinski definition) is 5. The fourth-order valence-electron chi connectivity index (χ4n) is 2.68. The number of halogens is 2. The number of nitrogens with two attached hydrogens (primary N) is 1. The Kier molecular flexibility index (Phi) is 7.01. The maximum Gasteiger partial charge on any atom is 0.339 e. The minimum Gasteiger partial charge on any atom is -0.397 e. The molecule has 162 valence electrons. The highest BCUT2D eigenvalue weighted by Crippen LogP contribution is 2.30. The third kappa shape index (κ3) is 5.45. The maximum atomic E-state index is 13.1. The van der Waals surface area contributed by atoms with Gasteiger partial charge in [-0.1, -0.05) is 53.5 Å². The molecule has 0 saturated heterocycles. The molecule has 11 heteroatoms. The van der Waals surface area contributed by atoms with Crippen molar-refractivity contribution in [2.75, 3.05) is 10.7 Å². The predicted molar refractivity (Wildman–Crippen MR) is 121 cm³/mol. The molecule has 0 radical (unpaired) electrons. The van der Waals surface area contributed by atoms with Crippen molar-refractivity contribution < 1.29 is 13.2 Å². The summed E-state index contributed by atoms with van der Waals surface area (Å²) in [5, 5.41) is 4.11. The predicted octanol–water partition coefficient (Wildman–Crippen LogP) is 4.14. The molecule has 31 heavy (non-hydrogen) atoms. The highest BCUT2D eigenvalue weighted by Gasteiger charge is 2.26. The number of nitrogens with zero attached hydrogens (tertiary/aromatic N) is 2. The summed E-state index contributed by atoms with van der Waals surface area (Å²) in [5.74, 6) is 0.0237. The summed E-state index contributed by atoms with van der Waals surface area (Å²) >= 11 is 12.3. The molecule has 4 N–H and O–H groups in total. The first-order valence-corrected chi connectivity index (χ1v) is 11.3. The number of carbonyl (C=O) groups excluding carboxylic acids is 1. The first kappa shape index (κ1) is 22.8. The van der Waals surface area contributed by atoms with Crippen LogP contribution < -0.4 is 20.9 Å². The highest BCUT2D eigenvalue weighted by atomic mass is 35.5. The van der Waals surface area contributed by atoms with Crippen LogP contribution in [0, 0.1) is 0 Å². The summed E-state index contributed by atoms with van der Waals surface area (Å²) in [5.41, 5.74) is 6.59. The molecule has 0 aliphatic rings. The van der Waals surface area contributed by atoms with Gasteiger partial charge in [-0.05, 0) is 42.8 Å². The highest BCUT2D eigenvalue weighted by molar-refractivity contribution is 7.89. The molecule has 1 aromatic heterocycles. The first-order valence-electron chi connectivity index (χ1n) is 9.02. The van der Waals surface area contributed by atoms with Gasteiger partial charge in [0.2, 0.25) is 0 Å². The topological polar surface area (TPSA) is 117 Å². The van der Waals surface area contributed by atoms with Gasteiger partial charge >= 0.3 is 6.03 Å². The van der Waals surface area contributed by atoms with E-state index in [-0.39, 0.29) is 10.7 Å². The Morgan fingerprint density at radius 3 is 2.42 bits per heavy atom. The Hall–Kier alpha value is -2.85. The summed E-state index contributed by atoms with van der Waals surface area (Å²) in [6.07, 6.45) is 1.31. The van der Waals surface area contributed by atoms with Crippen LogP contribution in [0.4, 0.5) is 16.3 Å². The Bertz CT molecular complexity index is 1180. The quantitative estimate of drug-likeness (QED) is 0.459. The first-order chi connectivity index (χ1) is 14.7. The molecule has 1 heterocycles. The lowest BCUT2D eigenvalue weighted by Crippen LogP contribution is -2.51. The molecule has 2 amide bonds.